The molecular formula is C18H22O6S. The Morgan fingerprint density at radius 2 is 0.960 bits per heavy atom. The second-order valence-corrected chi connectivity index (χ2v) is 6.10. The SMILES string of the molecule is CCC(=C(CC)c1ccc(O)cc1)c1ccc(O)cc1.O=S(=O)(O)O. The fourth-order valence-corrected chi connectivity index (χ4v) is 2.51. The van der Waals surface area contributed by atoms with Crippen molar-refractivity contribution in [1.82, 2.24) is 0 Å². The minimum absolute atomic E-state index is 0.284. The van der Waals surface area contributed by atoms with Gasteiger partial charge in [0.1, 0.15) is 11.5 Å². The van der Waals surface area contributed by atoms with E-state index in [2.05, 4.69) is 13.8 Å². The lowest BCUT2D eigenvalue weighted by atomic mass is 9.91. The molecule has 2 rings (SSSR count). The molecule has 7 heteroatoms. The van der Waals surface area contributed by atoms with Gasteiger partial charge in [-0.05, 0) is 59.4 Å². The Morgan fingerprint density at radius 1 is 0.720 bits per heavy atom. The summed E-state index contributed by atoms with van der Waals surface area (Å²) in [5, 5.41) is 18.8. The number of benzene rings is 2. The summed E-state index contributed by atoms with van der Waals surface area (Å²) in [5.41, 5.74) is 4.82. The molecule has 0 atom stereocenters. The molecule has 0 saturated heterocycles. The van der Waals surface area contributed by atoms with Crippen molar-refractivity contribution in [3.63, 3.8) is 0 Å². The number of rotatable bonds is 4. The minimum Gasteiger partial charge on any atom is -0.508 e. The van der Waals surface area contributed by atoms with Crippen LogP contribution in [0.25, 0.3) is 11.1 Å². The molecule has 25 heavy (non-hydrogen) atoms. The van der Waals surface area contributed by atoms with E-state index in [1.54, 1.807) is 24.3 Å². The van der Waals surface area contributed by atoms with E-state index in [9.17, 15) is 10.2 Å². The molecule has 0 aliphatic heterocycles. The Hall–Kier alpha value is -2.35. The van der Waals surface area contributed by atoms with E-state index < -0.39 is 10.4 Å². The van der Waals surface area contributed by atoms with Gasteiger partial charge in [-0.15, -0.1) is 0 Å². The van der Waals surface area contributed by atoms with Crippen molar-refractivity contribution in [2.75, 3.05) is 0 Å². The van der Waals surface area contributed by atoms with Crippen molar-refractivity contribution < 1.29 is 27.7 Å². The second-order valence-electron chi connectivity index (χ2n) is 5.21. The fraction of sp³-hybridized carbons (Fsp3) is 0.222. The number of hydrogen-bond acceptors (Lipinski definition) is 4. The maximum atomic E-state index is 9.41. The molecule has 2 aromatic rings. The predicted molar refractivity (Wildman–Crippen MR) is 97.8 cm³/mol. The van der Waals surface area contributed by atoms with Gasteiger partial charge >= 0.3 is 10.4 Å². The molecule has 6 nitrogen and oxygen atoms in total. The molecule has 4 N–H and O–H groups in total. The Balaban J connectivity index is 0.000000550. The van der Waals surface area contributed by atoms with E-state index in [4.69, 9.17) is 17.5 Å². The number of phenols is 2. The van der Waals surface area contributed by atoms with Crippen LogP contribution in [0, 0.1) is 0 Å². The zero-order chi connectivity index (χ0) is 19.0. The highest BCUT2D eigenvalue weighted by molar-refractivity contribution is 7.79. The Kier molecular flexibility index (Phi) is 7.63. The first kappa shape index (κ1) is 20.7. The lowest BCUT2D eigenvalue weighted by Crippen LogP contribution is -1.91. The first-order valence-corrected chi connectivity index (χ1v) is 9.06. The van der Waals surface area contributed by atoms with Crippen molar-refractivity contribution in [2.24, 2.45) is 0 Å². The summed E-state index contributed by atoms with van der Waals surface area (Å²) < 4.78 is 31.6. The van der Waals surface area contributed by atoms with E-state index in [-0.39, 0.29) is 11.5 Å². The Bertz CT molecular complexity index is 742. The monoisotopic (exact) mass is 366 g/mol. The number of aromatic hydroxyl groups is 2. The van der Waals surface area contributed by atoms with Gasteiger partial charge in [0.25, 0.3) is 0 Å². The normalized spacial score (nSPS) is 12.0. The summed E-state index contributed by atoms with van der Waals surface area (Å²) in [6, 6.07) is 14.7. The third kappa shape index (κ3) is 7.38. The maximum absolute atomic E-state index is 9.41. The van der Waals surface area contributed by atoms with Gasteiger partial charge in [0.2, 0.25) is 0 Å². The van der Waals surface area contributed by atoms with Crippen LogP contribution in [0.3, 0.4) is 0 Å². The first-order valence-electron chi connectivity index (χ1n) is 7.66. The second kappa shape index (κ2) is 9.22. The lowest BCUT2D eigenvalue weighted by Gasteiger charge is -2.14. The predicted octanol–water partition coefficient (Wildman–Crippen LogP) is 4.18. The van der Waals surface area contributed by atoms with Gasteiger partial charge in [-0.25, -0.2) is 0 Å². The Morgan fingerprint density at radius 3 is 1.16 bits per heavy atom. The van der Waals surface area contributed by atoms with Crippen LogP contribution in [0.1, 0.15) is 37.8 Å². The average molecular weight is 366 g/mol. The largest absolute Gasteiger partial charge is 0.508 e. The third-order valence-electron chi connectivity index (χ3n) is 3.50. The zero-order valence-electron chi connectivity index (χ0n) is 14.0. The molecular weight excluding hydrogens is 344 g/mol. The molecule has 0 saturated carbocycles. The Labute approximate surface area is 147 Å². The molecule has 0 spiro atoms. The smallest absolute Gasteiger partial charge is 0.394 e. The van der Waals surface area contributed by atoms with E-state index >= 15 is 0 Å². The molecule has 0 unspecified atom stereocenters. The summed E-state index contributed by atoms with van der Waals surface area (Å²) in [5.74, 6) is 0.568. The van der Waals surface area contributed by atoms with Crippen LogP contribution in [0.2, 0.25) is 0 Å². The average Bonchev–Trinajstić information content (AvgIpc) is 2.53. The molecule has 0 amide bonds. The molecule has 0 fully saturated rings. The molecule has 0 aromatic heterocycles. The van der Waals surface area contributed by atoms with Crippen molar-refractivity contribution in [2.45, 2.75) is 26.7 Å². The first-order chi connectivity index (χ1) is 11.7. The molecule has 2 aromatic carbocycles. The van der Waals surface area contributed by atoms with E-state index in [0.29, 0.717) is 0 Å². The van der Waals surface area contributed by atoms with Gasteiger partial charge in [-0.2, -0.15) is 8.42 Å². The maximum Gasteiger partial charge on any atom is 0.394 e. The summed E-state index contributed by atoms with van der Waals surface area (Å²) >= 11 is 0. The number of allylic oxidation sites excluding steroid dienone is 2. The van der Waals surface area contributed by atoms with Gasteiger partial charge in [0, 0.05) is 0 Å². The molecule has 0 bridgehead atoms. The fourth-order valence-electron chi connectivity index (χ4n) is 2.51. The molecule has 0 heterocycles. The van der Waals surface area contributed by atoms with Crippen molar-refractivity contribution in [1.29, 1.82) is 0 Å². The zero-order valence-corrected chi connectivity index (χ0v) is 14.9. The van der Waals surface area contributed by atoms with E-state index in [1.165, 1.54) is 11.1 Å². The molecule has 0 aliphatic carbocycles. The van der Waals surface area contributed by atoms with Crippen molar-refractivity contribution in [3.05, 3.63) is 59.7 Å². The molecule has 0 radical (unpaired) electrons. The van der Waals surface area contributed by atoms with Crippen LogP contribution >= 0.6 is 0 Å². The number of phenolic OH excluding ortho intramolecular Hbond substituents is 2. The van der Waals surface area contributed by atoms with Gasteiger partial charge in [-0.1, -0.05) is 38.1 Å². The van der Waals surface area contributed by atoms with Gasteiger partial charge in [-0.3, -0.25) is 9.11 Å². The van der Waals surface area contributed by atoms with Crippen LogP contribution in [-0.2, 0) is 10.4 Å². The van der Waals surface area contributed by atoms with Gasteiger partial charge in [0.05, 0.1) is 0 Å². The highest BCUT2D eigenvalue weighted by Gasteiger charge is 2.09. The van der Waals surface area contributed by atoms with Crippen LogP contribution in [0.4, 0.5) is 0 Å². The summed E-state index contributed by atoms with van der Waals surface area (Å²) in [7, 11) is -4.67. The quantitative estimate of drug-likeness (QED) is 0.477. The summed E-state index contributed by atoms with van der Waals surface area (Å²) in [6.45, 7) is 4.27. The highest BCUT2D eigenvalue weighted by Crippen LogP contribution is 2.32. The van der Waals surface area contributed by atoms with E-state index in [1.807, 2.05) is 24.3 Å². The molecule has 0 aliphatic rings. The highest BCUT2D eigenvalue weighted by atomic mass is 32.3. The van der Waals surface area contributed by atoms with E-state index in [0.717, 1.165) is 24.0 Å². The van der Waals surface area contributed by atoms with Gasteiger partial charge in [0.15, 0.2) is 0 Å². The van der Waals surface area contributed by atoms with Crippen molar-refractivity contribution >= 4 is 21.5 Å². The molecule has 136 valence electrons. The third-order valence-corrected chi connectivity index (χ3v) is 3.50. The van der Waals surface area contributed by atoms with Gasteiger partial charge < -0.3 is 10.2 Å². The van der Waals surface area contributed by atoms with Crippen LogP contribution in [0.15, 0.2) is 48.5 Å². The van der Waals surface area contributed by atoms with Crippen LogP contribution in [0.5, 0.6) is 11.5 Å². The van der Waals surface area contributed by atoms with Crippen LogP contribution < -0.4 is 0 Å². The standard InChI is InChI=1S/C18H20O2.H2O4S/c1-3-17(13-5-9-15(19)10-6-13)18(4-2)14-7-11-16(20)12-8-14;1-5(2,3)4/h5-12,19-20H,3-4H2,1-2H3;(H2,1,2,3,4). The van der Waals surface area contributed by atoms with Crippen LogP contribution in [-0.4, -0.2) is 27.7 Å². The minimum atomic E-state index is -4.67. The van der Waals surface area contributed by atoms with Crippen molar-refractivity contribution in [3.8, 4) is 11.5 Å². The number of hydrogen-bond donors (Lipinski definition) is 4. The topological polar surface area (TPSA) is 115 Å². The summed E-state index contributed by atoms with van der Waals surface area (Å²) in [6.07, 6.45) is 1.85. The summed E-state index contributed by atoms with van der Waals surface area (Å²) in [4.78, 5) is 0. The lowest BCUT2D eigenvalue weighted by molar-refractivity contribution is 0.381.